The van der Waals surface area contributed by atoms with Crippen molar-refractivity contribution in [1.82, 2.24) is 15.3 Å². The molecule has 1 aliphatic carbocycles. The molecule has 0 unspecified atom stereocenters. The van der Waals surface area contributed by atoms with Crippen LogP contribution in [0.1, 0.15) is 18.4 Å². The van der Waals surface area contributed by atoms with Gasteiger partial charge in [0.2, 0.25) is 5.91 Å². The molecule has 0 saturated heterocycles. The van der Waals surface area contributed by atoms with Crippen molar-refractivity contribution in [3.05, 3.63) is 109 Å². The Balaban J connectivity index is 1.12. The highest BCUT2D eigenvalue weighted by molar-refractivity contribution is 7.22. The number of benzene rings is 2. The first kappa shape index (κ1) is 30.3. The first-order valence-electron chi connectivity index (χ1n) is 14.4. The van der Waals surface area contributed by atoms with Crippen LogP contribution in [0.25, 0.3) is 20.8 Å². The number of aromatic nitrogens is 2. The molecule has 45 heavy (non-hydrogen) atoms. The number of hydrogen-bond donors (Lipinski definition) is 3. The van der Waals surface area contributed by atoms with Crippen molar-refractivity contribution >= 4 is 38.8 Å². The van der Waals surface area contributed by atoms with E-state index in [0.717, 1.165) is 27.4 Å². The zero-order chi connectivity index (χ0) is 31.4. The minimum atomic E-state index is -0.824. The lowest BCUT2D eigenvalue weighted by Crippen LogP contribution is -2.28. The number of rotatable bonds is 13. The van der Waals surface area contributed by atoms with Crippen molar-refractivity contribution in [3.8, 4) is 22.1 Å². The highest BCUT2D eigenvalue weighted by atomic mass is 32.1. The highest BCUT2D eigenvalue weighted by Crippen LogP contribution is 2.52. The summed E-state index contributed by atoms with van der Waals surface area (Å²) in [6, 6.07) is 17.7. The predicted octanol–water partition coefficient (Wildman–Crippen LogP) is 7.51. The first-order valence-corrected chi connectivity index (χ1v) is 15.2. The third-order valence-corrected chi connectivity index (χ3v) is 8.74. The summed E-state index contributed by atoms with van der Waals surface area (Å²) >= 11 is 1.46. The molecule has 5 aromatic rings. The summed E-state index contributed by atoms with van der Waals surface area (Å²) in [5.74, 6) is -0.789. The Hall–Kier alpha value is -4.71. The number of methoxy groups -OCH3 is 1. The average Bonchev–Trinajstić information content (AvgIpc) is 3.75. The Morgan fingerprint density at radius 1 is 0.978 bits per heavy atom. The summed E-state index contributed by atoms with van der Waals surface area (Å²) in [5, 5.41) is 9.20. The molecule has 1 fully saturated rings. The lowest BCUT2D eigenvalue weighted by molar-refractivity contribution is -0.119. The summed E-state index contributed by atoms with van der Waals surface area (Å²) < 4.78 is 40.3. The number of anilines is 2. The van der Waals surface area contributed by atoms with Gasteiger partial charge in [-0.2, -0.15) is 0 Å². The van der Waals surface area contributed by atoms with Crippen LogP contribution in [-0.4, -0.2) is 36.1 Å². The van der Waals surface area contributed by atoms with Gasteiger partial charge >= 0.3 is 0 Å². The van der Waals surface area contributed by atoms with E-state index in [1.165, 1.54) is 35.6 Å². The van der Waals surface area contributed by atoms with Gasteiger partial charge in [0.05, 0.1) is 32.8 Å². The lowest BCUT2D eigenvalue weighted by atomic mass is 10.0. The Morgan fingerprint density at radius 3 is 2.49 bits per heavy atom. The second kappa shape index (κ2) is 13.1. The number of fused-ring (bicyclic) bond motifs is 1. The second-order valence-electron chi connectivity index (χ2n) is 10.7. The number of amides is 1. The van der Waals surface area contributed by atoms with Crippen LogP contribution in [0.5, 0.6) is 11.5 Å². The van der Waals surface area contributed by atoms with Crippen molar-refractivity contribution in [1.29, 1.82) is 0 Å². The van der Waals surface area contributed by atoms with E-state index < -0.39 is 11.2 Å². The van der Waals surface area contributed by atoms with E-state index >= 15 is 4.39 Å². The summed E-state index contributed by atoms with van der Waals surface area (Å²) in [7, 11) is 1.67. The van der Waals surface area contributed by atoms with Crippen molar-refractivity contribution in [2.45, 2.75) is 19.4 Å². The number of carbonyl (C=O) groups is 1. The molecule has 3 aromatic heterocycles. The van der Waals surface area contributed by atoms with Gasteiger partial charge in [-0.1, -0.05) is 12.6 Å². The quantitative estimate of drug-likeness (QED) is 0.116. The van der Waals surface area contributed by atoms with Crippen LogP contribution in [-0.2, 0) is 16.1 Å². The number of ether oxygens (including phenoxy) is 2. The normalized spacial score (nSPS) is 13.4. The van der Waals surface area contributed by atoms with Crippen molar-refractivity contribution in [3.63, 3.8) is 0 Å². The number of carbonyl (C=O) groups excluding carboxylic acids is 1. The second-order valence-corrected chi connectivity index (χ2v) is 11.8. The van der Waals surface area contributed by atoms with Crippen LogP contribution in [0.2, 0.25) is 0 Å². The third-order valence-electron chi connectivity index (χ3n) is 7.58. The van der Waals surface area contributed by atoms with Crippen molar-refractivity contribution in [2.75, 3.05) is 30.9 Å². The van der Waals surface area contributed by atoms with Crippen LogP contribution < -0.4 is 20.7 Å². The van der Waals surface area contributed by atoms with E-state index in [-0.39, 0.29) is 17.5 Å². The third kappa shape index (κ3) is 6.85. The van der Waals surface area contributed by atoms with Crippen LogP contribution >= 0.6 is 11.3 Å². The van der Waals surface area contributed by atoms with Crippen LogP contribution in [0, 0.1) is 17.0 Å². The van der Waals surface area contributed by atoms with Crippen LogP contribution in [0.15, 0.2) is 91.4 Å². The van der Waals surface area contributed by atoms with Crippen molar-refractivity contribution in [2.24, 2.45) is 5.41 Å². The van der Waals surface area contributed by atoms with Gasteiger partial charge in [0, 0.05) is 61.8 Å². The first-order chi connectivity index (χ1) is 21.8. The number of pyridine rings is 2. The minimum Gasteiger partial charge on any atom is -0.453 e. The summed E-state index contributed by atoms with van der Waals surface area (Å²) in [6.07, 6.45) is 4.65. The van der Waals surface area contributed by atoms with Gasteiger partial charge in [-0.05, 0) is 66.9 Å². The lowest BCUT2D eigenvalue weighted by Gasteiger charge is -2.20. The number of thiophene rings is 1. The molecule has 1 aliphatic rings. The number of halogens is 2. The minimum absolute atomic E-state index is 0.0161. The maximum Gasteiger partial charge on any atom is 0.236 e. The molecule has 0 radical (unpaired) electrons. The highest BCUT2D eigenvalue weighted by Gasteiger charge is 2.52. The Kier molecular flexibility index (Phi) is 8.83. The van der Waals surface area contributed by atoms with Crippen molar-refractivity contribution < 1.29 is 23.0 Å². The molecule has 1 saturated carbocycles. The van der Waals surface area contributed by atoms with Gasteiger partial charge in [-0.3, -0.25) is 14.8 Å². The maximum absolute atomic E-state index is 15.2. The Morgan fingerprint density at radius 2 is 1.78 bits per heavy atom. The van der Waals surface area contributed by atoms with Gasteiger partial charge in [0.15, 0.2) is 11.6 Å². The number of nitrogens with one attached hydrogen (secondary N) is 3. The fourth-order valence-electron chi connectivity index (χ4n) is 4.85. The maximum atomic E-state index is 15.2. The van der Waals surface area contributed by atoms with E-state index in [1.807, 2.05) is 24.4 Å². The van der Waals surface area contributed by atoms with E-state index in [2.05, 4.69) is 32.5 Å². The molecule has 3 heterocycles. The topological polar surface area (TPSA) is 97.4 Å². The van der Waals surface area contributed by atoms with E-state index in [0.29, 0.717) is 54.3 Å². The molecule has 6 rings (SSSR count). The number of hydrogen-bond acceptors (Lipinski definition) is 8. The molecule has 8 nitrogen and oxygen atoms in total. The van der Waals surface area contributed by atoms with E-state index in [1.54, 1.807) is 37.6 Å². The predicted molar refractivity (Wildman–Crippen MR) is 172 cm³/mol. The molecular weight excluding hydrogens is 596 g/mol. The van der Waals surface area contributed by atoms with Crippen LogP contribution in [0.3, 0.4) is 0 Å². The zero-order valence-corrected chi connectivity index (χ0v) is 25.3. The standard InChI is InChI=1S/C34H31F2N5O3S/c1-21(40-24-6-4-23(35)5-7-24)34(12-13-34)33(42)41-25-8-10-29(26(36)17-25)44-30-11-14-38-28-18-31(45-32(28)30)27-9-3-22(20-39-27)19-37-15-16-43-2/h3-11,14,17-18,20,37,40H,1,12-13,15-16,19H2,2H3,(H,41,42). The van der Waals surface area contributed by atoms with Gasteiger partial charge in [-0.15, -0.1) is 11.3 Å². The smallest absolute Gasteiger partial charge is 0.236 e. The fourth-order valence-corrected chi connectivity index (χ4v) is 5.89. The van der Waals surface area contributed by atoms with Gasteiger partial charge in [0.1, 0.15) is 11.6 Å². The molecule has 0 atom stereocenters. The molecule has 0 aliphatic heterocycles. The molecule has 0 bridgehead atoms. The van der Waals surface area contributed by atoms with E-state index in [4.69, 9.17) is 9.47 Å². The summed E-state index contributed by atoms with van der Waals surface area (Å²) in [4.78, 5) is 23.2. The summed E-state index contributed by atoms with van der Waals surface area (Å²) in [5.41, 5.74) is 3.19. The molecule has 3 N–H and O–H groups in total. The SMILES string of the molecule is C=C(Nc1ccc(F)cc1)C1(C(=O)Nc2ccc(Oc3ccnc4cc(-c5ccc(CNCCOC)cn5)sc34)c(F)c2)CC1. The molecule has 0 spiro atoms. The molecule has 1 amide bonds. The molecule has 230 valence electrons. The summed E-state index contributed by atoms with van der Waals surface area (Å²) in [6.45, 7) is 6.14. The average molecular weight is 628 g/mol. The molecular formula is C34H31F2N5O3S. The van der Waals surface area contributed by atoms with E-state index in [9.17, 15) is 9.18 Å². The fraction of sp³-hybridized carbons (Fsp3) is 0.206. The Bertz CT molecular complexity index is 1840. The molecule has 2 aromatic carbocycles. The zero-order valence-electron chi connectivity index (χ0n) is 24.5. The van der Waals surface area contributed by atoms with Gasteiger partial charge in [0.25, 0.3) is 0 Å². The van der Waals surface area contributed by atoms with Gasteiger partial charge in [-0.25, -0.2) is 8.78 Å². The number of nitrogens with zero attached hydrogens (tertiary/aromatic N) is 2. The molecule has 11 heteroatoms. The largest absolute Gasteiger partial charge is 0.453 e. The van der Waals surface area contributed by atoms with Crippen LogP contribution in [0.4, 0.5) is 20.2 Å². The Labute approximate surface area is 263 Å². The monoisotopic (exact) mass is 627 g/mol. The van der Waals surface area contributed by atoms with Gasteiger partial charge < -0.3 is 25.4 Å².